The van der Waals surface area contributed by atoms with Gasteiger partial charge in [-0.3, -0.25) is 14.8 Å². The number of benzene rings is 2. The van der Waals surface area contributed by atoms with E-state index < -0.39 is 0 Å². The molecule has 0 spiro atoms. The first-order valence-electron chi connectivity index (χ1n) is 12.1. The summed E-state index contributed by atoms with van der Waals surface area (Å²) in [4.78, 5) is 27.3. The lowest BCUT2D eigenvalue weighted by atomic mass is 9.88. The Hall–Kier alpha value is -3.31. The van der Waals surface area contributed by atoms with Crippen LogP contribution >= 0.6 is 0 Å². The summed E-state index contributed by atoms with van der Waals surface area (Å²) >= 11 is 0. The Balaban J connectivity index is 1.34. The van der Waals surface area contributed by atoms with Crippen LogP contribution in [0, 0.1) is 13.8 Å². The molecule has 3 aliphatic rings. The Morgan fingerprint density at radius 1 is 0.912 bits per heavy atom. The number of nitrogens with zero attached hydrogens (tertiary/aromatic N) is 4. The molecular weight excluding hydrogens is 420 g/mol. The molecule has 4 heterocycles. The van der Waals surface area contributed by atoms with Gasteiger partial charge >= 0.3 is 0 Å². The molecule has 0 N–H and O–H groups in total. The highest BCUT2D eigenvalue weighted by atomic mass is 16.2. The summed E-state index contributed by atoms with van der Waals surface area (Å²) < 4.78 is 0. The summed E-state index contributed by atoms with van der Waals surface area (Å²) in [6, 6.07) is 19.6. The molecule has 0 bridgehead atoms. The summed E-state index contributed by atoms with van der Waals surface area (Å²) in [6.45, 7) is 7.31. The van der Waals surface area contributed by atoms with Crippen LogP contribution in [0.4, 0.5) is 0 Å². The highest BCUT2D eigenvalue weighted by Gasteiger charge is 2.40. The molecule has 34 heavy (non-hydrogen) atoms. The smallest absolute Gasteiger partial charge is 0.227 e. The standard InChI is InChI=1S/C29H30N4O/c1-18-9-22(10-19(2)31-18)29-25-12-24-15-33(28(34)13-21(24)11-23(25)14-30-29)27-17-32(3)16-26(27)20-7-5-4-6-8-20/h4-12,26-27H,13-17H2,1-3H3/t26-,27+/m0/s1. The van der Waals surface area contributed by atoms with E-state index in [1.165, 1.54) is 27.8 Å². The van der Waals surface area contributed by atoms with Crippen LogP contribution in [-0.2, 0) is 24.3 Å². The van der Waals surface area contributed by atoms with Gasteiger partial charge in [-0.15, -0.1) is 0 Å². The van der Waals surface area contributed by atoms with Crippen molar-refractivity contribution in [3.8, 4) is 0 Å². The van der Waals surface area contributed by atoms with Gasteiger partial charge in [-0.1, -0.05) is 36.4 Å². The molecule has 3 aromatic rings. The number of likely N-dealkylation sites (tertiary alicyclic amines) is 1. The van der Waals surface area contributed by atoms with E-state index in [-0.39, 0.29) is 11.9 Å². The fraction of sp³-hybridized carbons (Fsp3) is 0.345. The highest BCUT2D eigenvalue weighted by molar-refractivity contribution is 6.15. The molecule has 5 nitrogen and oxygen atoms in total. The number of aliphatic imine (C=N–C) groups is 1. The molecule has 172 valence electrons. The third-order valence-electron chi connectivity index (χ3n) is 7.55. The quantitative estimate of drug-likeness (QED) is 0.605. The largest absolute Gasteiger partial charge is 0.333 e. The zero-order valence-corrected chi connectivity index (χ0v) is 20.1. The molecule has 0 saturated carbocycles. The minimum atomic E-state index is 0.194. The minimum absolute atomic E-state index is 0.194. The topological polar surface area (TPSA) is 48.8 Å². The molecule has 2 atom stereocenters. The van der Waals surface area contributed by atoms with E-state index in [2.05, 4.69) is 76.4 Å². The van der Waals surface area contributed by atoms with Crippen molar-refractivity contribution in [2.45, 2.75) is 45.3 Å². The number of rotatable bonds is 3. The van der Waals surface area contributed by atoms with E-state index in [1.54, 1.807) is 0 Å². The minimum Gasteiger partial charge on any atom is -0.333 e. The number of hydrogen-bond acceptors (Lipinski definition) is 4. The maximum atomic E-state index is 13.4. The van der Waals surface area contributed by atoms with Crippen molar-refractivity contribution in [2.24, 2.45) is 4.99 Å². The molecule has 1 amide bonds. The molecule has 3 aliphatic heterocycles. The number of likely N-dealkylation sites (N-methyl/N-ethyl adjacent to an activating group) is 1. The van der Waals surface area contributed by atoms with Crippen molar-refractivity contribution in [1.82, 2.24) is 14.8 Å². The number of carbonyl (C=O) groups excluding carboxylic acids is 1. The van der Waals surface area contributed by atoms with Crippen molar-refractivity contribution in [3.05, 3.63) is 99.4 Å². The monoisotopic (exact) mass is 450 g/mol. The molecule has 1 aromatic heterocycles. The number of amides is 1. The third-order valence-corrected chi connectivity index (χ3v) is 7.55. The molecule has 0 aliphatic carbocycles. The van der Waals surface area contributed by atoms with E-state index in [1.807, 2.05) is 13.8 Å². The van der Waals surface area contributed by atoms with Gasteiger partial charge in [0.2, 0.25) is 5.91 Å². The summed E-state index contributed by atoms with van der Waals surface area (Å²) in [7, 11) is 2.16. The van der Waals surface area contributed by atoms with Crippen LogP contribution in [0.25, 0.3) is 0 Å². The van der Waals surface area contributed by atoms with Crippen molar-refractivity contribution < 1.29 is 4.79 Å². The van der Waals surface area contributed by atoms with Crippen molar-refractivity contribution >= 4 is 11.6 Å². The molecule has 0 radical (unpaired) electrons. The maximum Gasteiger partial charge on any atom is 0.227 e. The van der Waals surface area contributed by atoms with Crippen LogP contribution < -0.4 is 0 Å². The molecular formula is C29H30N4O. The SMILES string of the molecule is Cc1cc(C2=NCc3cc4c(cc32)CN([C@@H]2CN(C)C[C@H]2c2ccccc2)C(=O)C4)cc(C)n1. The van der Waals surface area contributed by atoms with Crippen LogP contribution in [0.15, 0.2) is 59.6 Å². The number of aryl methyl sites for hydroxylation is 2. The maximum absolute atomic E-state index is 13.4. The lowest BCUT2D eigenvalue weighted by Crippen LogP contribution is -2.46. The van der Waals surface area contributed by atoms with E-state index >= 15 is 0 Å². The fourth-order valence-corrected chi connectivity index (χ4v) is 6.03. The Labute approximate surface area is 201 Å². The van der Waals surface area contributed by atoms with Gasteiger partial charge in [0.1, 0.15) is 0 Å². The third kappa shape index (κ3) is 3.64. The van der Waals surface area contributed by atoms with Gasteiger partial charge in [-0.05, 0) is 61.3 Å². The second-order valence-corrected chi connectivity index (χ2v) is 10.1. The Bertz CT molecular complexity index is 1290. The van der Waals surface area contributed by atoms with Gasteiger partial charge in [0.15, 0.2) is 0 Å². The molecule has 2 aromatic carbocycles. The average Bonchev–Trinajstić information content (AvgIpc) is 3.40. The van der Waals surface area contributed by atoms with Gasteiger partial charge in [-0.25, -0.2) is 0 Å². The summed E-state index contributed by atoms with van der Waals surface area (Å²) in [5.41, 5.74) is 10.4. The first-order chi connectivity index (χ1) is 16.5. The molecule has 6 rings (SSSR count). The van der Waals surface area contributed by atoms with E-state index in [0.717, 1.165) is 35.8 Å². The molecule has 5 heteroatoms. The van der Waals surface area contributed by atoms with Crippen molar-refractivity contribution in [2.75, 3.05) is 20.1 Å². The average molecular weight is 451 g/mol. The highest BCUT2D eigenvalue weighted by Crippen LogP contribution is 2.36. The Morgan fingerprint density at radius 3 is 2.44 bits per heavy atom. The second kappa shape index (κ2) is 8.17. The number of fused-ring (bicyclic) bond motifs is 2. The molecule has 1 fully saturated rings. The lowest BCUT2D eigenvalue weighted by Gasteiger charge is -2.37. The van der Waals surface area contributed by atoms with Gasteiger partial charge in [0.05, 0.1) is 24.7 Å². The number of hydrogen-bond donors (Lipinski definition) is 0. The van der Waals surface area contributed by atoms with Gasteiger partial charge in [0.25, 0.3) is 0 Å². The Kier molecular flexibility index (Phi) is 5.10. The lowest BCUT2D eigenvalue weighted by molar-refractivity contribution is -0.134. The van der Waals surface area contributed by atoms with Gasteiger partial charge < -0.3 is 9.80 Å². The number of aromatic nitrogens is 1. The van der Waals surface area contributed by atoms with Gasteiger partial charge in [-0.2, -0.15) is 0 Å². The number of carbonyl (C=O) groups is 1. The first kappa shape index (κ1) is 21.2. The summed E-state index contributed by atoms with van der Waals surface area (Å²) in [5.74, 6) is 0.583. The molecule has 0 unspecified atom stereocenters. The van der Waals surface area contributed by atoms with E-state index in [0.29, 0.717) is 25.4 Å². The van der Waals surface area contributed by atoms with Crippen LogP contribution in [0.2, 0.25) is 0 Å². The Morgan fingerprint density at radius 2 is 1.68 bits per heavy atom. The zero-order chi connectivity index (χ0) is 23.4. The second-order valence-electron chi connectivity index (χ2n) is 10.1. The van der Waals surface area contributed by atoms with Crippen molar-refractivity contribution in [1.29, 1.82) is 0 Å². The predicted molar refractivity (Wildman–Crippen MR) is 134 cm³/mol. The summed E-state index contributed by atoms with van der Waals surface area (Å²) in [6.07, 6.45) is 0.479. The van der Waals surface area contributed by atoms with Crippen molar-refractivity contribution in [3.63, 3.8) is 0 Å². The van der Waals surface area contributed by atoms with Gasteiger partial charge in [0, 0.05) is 48.1 Å². The fourth-order valence-electron chi connectivity index (χ4n) is 6.03. The van der Waals surface area contributed by atoms with Crippen LogP contribution in [0.5, 0.6) is 0 Å². The predicted octanol–water partition coefficient (Wildman–Crippen LogP) is 4.03. The first-order valence-corrected chi connectivity index (χ1v) is 12.1. The molecule has 1 saturated heterocycles. The zero-order valence-electron chi connectivity index (χ0n) is 20.1. The van der Waals surface area contributed by atoms with Crippen LogP contribution in [0.1, 0.15) is 50.7 Å². The van der Waals surface area contributed by atoms with Crippen LogP contribution in [-0.4, -0.2) is 52.6 Å². The number of pyridine rings is 1. The normalized spacial score (nSPS) is 22.0. The summed E-state index contributed by atoms with van der Waals surface area (Å²) in [5, 5.41) is 0. The van der Waals surface area contributed by atoms with Crippen LogP contribution in [0.3, 0.4) is 0 Å². The van der Waals surface area contributed by atoms with E-state index in [9.17, 15) is 4.79 Å². The van der Waals surface area contributed by atoms with E-state index in [4.69, 9.17) is 4.99 Å².